The zero-order chi connectivity index (χ0) is 21.8. The number of morpholine rings is 1. The Hall–Kier alpha value is -3.23. The highest BCUT2D eigenvalue weighted by Crippen LogP contribution is 2.15. The van der Waals surface area contributed by atoms with Crippen LogP contribution in [-0.2, 0) is 11.3 Å². The number of hydrogen-bond acceptors (Lipinski definition) is 6. The molecule has 3 aromatic rings. The standard InChI is InChI=1S/C22H22ClN5O3/c1-15-12-19(29)21(26-28(15)18-5-3-17(23)4-6-18)22(30)25-14-16-2-7-20(24-13-16)27-8-10-31-11-9-27/h2-7,12-13H,8-11,14H2,1H3,(H,25,30). The largest absolute Gasteiger partial charge is 0.378 e. The van der Waals surface area contributed by atoms with Gasteiger partial charge in [0.1, 0.15) is 5.82 Å². The maximum Gasteiger partial charge on any atom is 0.276 e. The van der Waals surface area contributed by atoms with Crippen LogP contribution in [-0.4, -0.2) is 47.0 Å². The average molecular weight is 440 g/mol. The van der Waals surface area contributed by atoms with Crippen LogP contribution in [0, 0.1) is 6.92 Å². The van der Waals surface area contributed by atoms with Crippen molar-refractivity contribution in [2.24, 2.45) is 0 Å². The minimum absolute atomic E-state index is 0.168. The number of hydrogen-bond donors (Lipinski definition) is 1. The fraction of sp³-hybridized carbons (Fsp3) is 0.273. The summed E-state index contributed by atoms with van der Waals surface area (Å²) < 4.78 is 6.90. The van der Waals surface area contributed by atoms with Crippen LogP contribution in [0.4, 0.5) is 5.82 Å². The van der Waals surface area contributed by atoms with Gasteiger partial charge in [-0.05, 0) is 42.8 Å². The average Bonchev–Trinajstić information content (AvgIpc) is 2.79. The Morgan fingerprint density at radius 1 is 1.16 bits per heavy atom. The predicted octanol–water partition coefficient (Wildman–Crippen LogP) is 2.36. The number of benzene rings is 1. The Morgan fingerprint density at radius 3 is 2.58 bits per heavy atom. The Bertz CT molecular complexity index is 1120. The molecule has 0 bridgehead atoms. The Kier molecular flexibility index (Phi) is 6.29. The first kappa shape index (κ1) is 21.0. The molecule has 2 aromatic heterocycles. The number of carbonyl (C=O) groups excluding carboxylic acids is 1. The molecule has 0 unspecified atom stereocenters. The summed E-state index contributed by atoms with van der Waals surface area (Å²) in [6.07, 6.45) is 1.72. The molecular formula is C22H22ClN5O3. The molecule has 1 aliphatic heterocycles. The highest BCUT2D eigenvalue weighted by atomic mass is 35.5. The van der Waals surface area contributed by atoms with E-state index in [0.717, 1.165) is 24.5 Å². The quantitative estimate of drug-likeness (QED) is 0.656. The summed E-state index contributed by atoms with van der Waals surface area (Å²) in [5, 5.41) is 7.62. The molecule has 8 nitrogen and oxygen atoms in total. The third kappa shape index (κ3) is 4.92. The minimum atomic E-state index is -0.537. The van der Waals surface area contributed by atoms with E-state index in [1.54, 1.807) is 42.1 Å². The lowest BCUT2D eigenvalue weighted by Gasteiger charge is -2.27. The van der Waals surface area contributed by atoms with Gasteiger partial charge in [0.15, 0.2) is 5.69 Å². The Labute approximate surface area is 184 Å². The van der Waals surface area contributed by atoms with E-state index >= 15 is 0 Å². The molecule has 0 atom stereocenters. The molecule has 1 amide bonds. The van der Waals surface area contributed by atoms with Crippen molar-refractivity contribution in [2.75, 3.05) is 31.2 Å². The van der Waals surface area contributed by atoms with E-state index in [-0.39, 0.29) is 12.2 Å². The van der Waals surface area contributed by atoms with Crippen molar-refractivity contribution < 1.29 is 9.53 Å². The normalized spacial score (nSPS) is 13.8. The first-order valence-corrected chi connectivity index (χ1v) is 10.3. The molecule has 1 aromatic carbocycles. The highest BCUT2D eigenvalue weighted by molar-refractivity contribution is 6.30. The van der Waals surface area contributed by atoms with E-state index in [9.17, 15) is 9.59 Å². The number of nitrogens with zero attached hydrogens (tertiary/aromatic N) is 4. The van der Waals surface area contributed by atoms with Crippen molar-refractivity contribution in [2.45, 2.75) is 13.5 Å². The SMILES string of the molecule is Cc1cc(=O)c(C(=O)NCc2ccc(N3CCOCC3)nc2)nn1-c1ccc(Cl)cc1. The minimum Gasteiger partial charge on any atom is -0.378 e. The van der Waals surface area contributed by atoms with E-state index in [1.165, 1.54) is 6.07 Å². The number of ether oxygens (including phenoxy) is 1. The summed E-state index contributed by atoms with van der Waals surface area (Å²) in [5.41, 5.74) is 1.56. The molecule has 0 aliphatic carbocycles. The zero-order valence-corrected chi connectivity index (χ0v) is 17.8. The first-order valence-electron chi connectivity index (χ1n) is 9.94. The highest BCUT2D eigenvalue weighted by Gasteiger charge is 2.16. The molecule has 3 heterocycles. The van der Waals surface area contributed by atoms with Crippen LogP contribution in [0.15, 0.2) is 53.5 Å². The summed E-state index contributed by atoms with van der Waals surface area (Å²) >= 11 is 5.94. The van der Waals surface area contributed by atoms with Gasteiger partial charge in [0.25, 0.3) is 5.91 Å². The molecule has 0 radical (unpaired) electrons. The van der Waals surface area contributed by atoms with Gasteiger partial charge in [0.2, 0.25) is 5.43 Å². The van der Waals surface area contributed by atoms with Gasteiger partial charge in [-0.1, -0.05) is 17.7 Å². The lowest BCUT2D eigenvalue weighted by atomic mass is 10.2. The fourth-order valence-electron chi connectivity index (χ4n) is 3.32. The van der Waals surface area contributed by atoms with Crippen LogP contribution in [0.2, 0.25) is 5.02 Å². The predicted molar refractivity (Wildman–Crippen MR) is 118 cm³/mol. The third-order valence-electron chi connectivity index (χ3n) is 4.99. The number of carbonyl (C=O) groups is 1. The van der Waals surface area contributed by atoms with Gasteiger partial charge in [-0.3, -0.25) is 9.59 Å². The number of rotatable bonds is 5. The van der Waals surface area contributed by atoms with Crippen molar-refractivity contribution in [3.05, 3.63) is 80.9 Å². The number of anilines is 1. The number of aryl methyl sites for hydroxylation is 1. The van der Waals surface area contributed by atoms with Gasteiger partial charge in [-0.15, -0.1) is 0 Å². The molecule has 0 spiro atoms. The maximum atomic E-state index is 12.7. The van der Waals surface area contributed by atoms with Crippen molar-refractivity contribution >= 4 is 23.3 Å². The first-order chi connectivity index (χ1) is 15.0. The third-order valence-corrected chi connectivity index (χ3v) is 5.24. The molecule has 1 N–H and O–H groups in total. The van der Waals surface area contributed by atoms with Gasteiger partial charge in [-0.2, -0.15) is 5.10 Å². The molecule has 4 rings (SSSR count). The van der Waals surface area contributed by atoms with E-state index < -0.39 is 11.3 Å². The van der Waals surface area contributed by atoms with Gasteiger partial charge in [-0.25, -0.2) is 9.67 Å². The van der Waals surface area contributed by atoms with Crippen LogP contribution in [0.25, 0.3) is 5.69 Å². The number of pyridine rings is 1. The van der Waals surface area contributed by atoms with E-state index in [1.807, 2.05) is 12.1 Å². The molecule has 1 saturated heterocycles. The maximum absolute atomic E-state index is 12.7. The van der Waals surface area contributed by atoms with Crippen molar-refractivity contribution in [3.8, 4) is 5.69 Å². The van der Waals surface area contributed by atoms with Crippen LogP contribution in [0.5, 0.6) is 0 Å². The topological polar surface area (TPSA) is 89.3 Å². The van der Waals surface area contributed by atoms with E-state index in [2.05, 4.69) is 20.3 Å². The van der Waals surface area contributed by atoms with Crippen molar-refractivity contribution in [1.29, 1.82) is 0 Å². The van der Waals surface area contributed by atoms with Gasteiger partial charge < -0.3 is 15.0 Å². The number of amides is 1. The second-order valence-corrected chi connectivity index (χ2v) is 7.63. The smallest absolute Gasteiger partial charge is 0.276 e. The van der Waals surface area contributed by atoms with Crippen LogP contribution < -0.4 is 15.6 Å². The lowest BCUT2D eigenvalue weighted by molar-refractivity contribution is 0.0943. The van der Waals surface area contributed by atoms with Crippen LogP contribution >= 0.6 is 11.6 Å². The zero-order valence-electron chi connectivity index (χ0n) is 17.0. The monoisotopic (exact) mass is 439 g/mol. The number of aromatic nitrogens is 3. The lowest BCUT2D eigenvalue weighted by Crippen LogP contribution is -2.36. The molecule has 9 heteroatoms. The summed E-state index contributed by atoms with van der Waals surface area (Å²) in [6, 6.07) is 12.2. The van der Waals surface area contributed by atoms with Gasteiger partial charge in [0, 0.05) is 42.6 Å². The summed E-state index contributed by atoms with van der Waals surface area (Å²) in [4.78, 5) is 31.6. The van der Waals surface area contributed by atoms with E-state index in [0.29, 0.717) is 29.6 Å². The second kappa shape index (κ2) is 9.28. The van der Waals surface area contributed by atoms with Crippen molar-refractivity contribution in [1.82, 2.24) is 20.1 Å². The molecular weight excluding hydrogens is 418 g/mol. The fourth-order valence-corrected chi connectivity index (χ4v) is 3.44. The number of halogens is 1. The molecule has 160 valence electrons. The van der Waals surface area contributed by atoms with Gasteiger partial charge in [0.05, 0.1) is 18.9 Å². The molecule has 1 aliphatic rings. The summed E-state index contributed by atoms with van der Waals surface area (Å²) in [6.45, 7) is 4.99. The van der Waals surface area contributed by atoms with Crippen molar-refractivity contribution in [3.63, 3.8) is 0 Å². The van der Waals surface area contributed by atoms with E-state index in [4.69, 9.17) is 16.3 Å². The second-order valence-electron chi connectivity index (χ2n) is 7.19. The molecule has 31 heavy (non-hydrogen) atoms. The molecule has 1 fully saturated rings. The Balaban J connectivity index is 1.46. The summed E-state index contributed by atoms with van der Waals surface area (Å²) in [7, 11) is 0. The Morgan fingerprint density at radius 2 is 1.90 bits per heavy atom. The van der Waals surface area contributed by atoms with Crippen LogP contribution in [0.1, 0.15) is 21.7 Å². The molecule has 0 saturated carbocycles. The van der Waals surface area contributed by atoms with Gasteiger partial charge >= 0.3 is 0 Å². The van der Waals surface area contributed by atoms with Crippen LogP contribution in [0.3, 0.4) is 0 Å². The number of nitrogens with one attached hydrogen (secondary N) is 1. The summed E-state index contributed by atoms with van der Waals surface area (Å²) in [5.74, 6) is 0.342.